The average Bonchev–Trinajstić information content (AvgIpc) is 2.12. The van der Waals surface area contributed by atoms with Gasteiger partial charge in [0.2, 0.25) is 0 Å². The second kappa shape index (κ2) is 4.04. The Labute approximate surface area is 83.1 Å². The Hall–Kier alpha value is -0.650. The highest BCUT2D eigenvalue weighted by atomic mass is 79.9. The van der Waals surface area contributed by atoms with Crippen LogP contribution >= 0.6 is 15.9 Å². The van der Waals surface area contributed by atoms with E-state index >= 15 is 0 Å². The lowest BCUT2D eigenvalue weighted by atomic mass is 10.1. The minimum atomic E-state index is -0.905. The second-order valence-electron chi connectivity index (χ2n) is 2.58. The molecular weight excluding hydrogens is 241 g/mol. The van der Waals surface area contributed by atoms with Crippen LogP contribution in [-0.2, 0) is 0 Å². The van der Waals surface area contributed by atoms with Crippen LogP contribution in [0.3, 0.4) is 0 Å². The maximum Gasteiger partial charge on any atom is 0.137 e. The molecule has 4 N–H and O–H groups in total. The molecule has 0 fully saturated rings. The zero-order chi connectivity index (χ0) is 10.0. The number of phenols is 1. The summed E-state index contributed by atoms with van der Waals surface area (Å²) in [6.07, 6.45) is 0. The Morgan fingerprint density at radius 1 is 1.54 bits per heavy atom. The van der Waals surface area contributed by atoms with Crippen LogP contribution in [0.15, 0.2) is 16.6 Å². The Bertz CT molecular complexity index is 319. The summed E-state index contributed by atoms with van der Waals surface area (Å²) in [6, 6.07) is 1.64. The molecule has 0 aliphatic carbocycles. The molecule has 0 radical (unpaired) electrons. The summed E-state index contributed by atoms with van der Waals surface area (Å²) in [5.74, 6) is -0.885. The maximum absolute atomic E-state index is 13.1. The van der Waals surface area contributed by atoms with Crippen LogP contribution in [0.2, 0.25) is 0 Å². The zero-order valence-electron chi connectivity index (χ0n) is 6.67. The van der Waals surface area contributed by atoms with E-state index in [2.05, 4.69) is 15.9 Å². The fourth-order valence-corrected chi connectivity index (χ4v) is 1.35. The first-order chi connectivity index (χ1) is 6.07. The molecule has 5 heteroatoms. The lowest BCUT2D eigenvalue weighted by Gasteiger charge is -2.12. The van der Waals surface area contributed by atoms with Crippen molar-refractivity contribution in [1.29, 1.82) is 0 Å². The van der Waals surface area contributed by atoms with E-state index < -0.39 is 18.5 Å². The fourth-order valence-electron chi connectivity index (χ4n) is 1.00. The van der Waals surface area contributed by atoms with Gasteiger partial charge in [-0.2, -0.15) is 0 Å². The third kappa shape index (κ3) is 1.99. The van der Waals surface area contributed by atoms with Crippen molar-refractivity contribution in [2.75, 3.05) is 6.61 Å². The molecule has 3 nitrogen and oxygen atoms in total. The smallest absolute Gasteiger partial charge is 0.137 e. The van der Waals surface area contributed by atoms with E-state index in [-0.39, 0.29) is 11.3 Å². The Balaban J connectivity index is 3.25. The maximum atomic E-state index is 13.1. The standard InChI is InChI=1S/C8H9BrFNO2/c9-4-1-2-5(10)7(8(4)13)6(11)3-12/h1-2,6,12-13H,3,11H2. The van der Waals surface area contributed by atoms with Crippen molar-refractivity contribution in [3.8, 4) is 5.75 Å². The van der Waals surface area contributed by atoms with Crippen LogP contribution in [0, 0.1) is 5.82 Å². The normalized spacial score (nSPS) is 12.9. The monoisotopic (exact) mass is 249 g/mol. The van der Waals surface area contributed by atoms with Crippen LogP contribution in [-0.4, -0.2) is 16.8 Å². The highest BCUT2D eigenvalue weighted by Crippen LogP contribution is 2.32. The average molecular weight is 250 g/mol. The van der Waals surface area contributed by atoms with E-state index in [1.807, 2.05) is 0 Å². The Morgan fingerprint density at radius 2 is 2.15 bits per heavy atom. The van der Waals surface area contributed by atoms with Gasteiger partial charge in [0, 0.05) is 5.56 Å². The van der Waals surface area contributed by atoms with Gasteiger partial charge in [-0.05, 0) is 28.1 Å². The van der Waals surface area contributed by atoms with Gasteiger partial charge < -0.3 is 15.9 Å². The lowest BCUT2D eigenvalue weighted by Crippen LogP contribution is -2.16. The predicted octanol–water partition coefficient (Wildman–Crippen LogP) is 1.29. The SMILES string of the molecule is NC(CO)c1c(F)ccc(Br)c1O. The van der Waals surface area contributed by atoms with E-state index in [1.54, 1.807) is 0 Å². The van der Waals surface area contributed by atoms with Gasteiger partial charge in [0.25, 0.3) is 0 Å². The Kier molecular flexibility index (Phi) is 3.24. The van der Waals surface area contributed by atoms with E-state index in [4.69, 9.17) is 10.8 Å². The third-order valence-electron chi connectivity index (χ3n) is 1.68. The van der Waals surface area contributed by atoms with E-state index in [0.29, 0.717) is 4.47 Å². The number of aromatic hydroxyl groups is 1. The van der Waals surface area contributed by atoms with E-state index in [0.717, 1.165) is 0 Å². The molecule has 13 heavy (non-hydrogen) atoms. The Morgan fingerprint density at radius 3 is 2.69 bits per heavy atom. The van der Waals surface area contributed by atoms with Crippen molar-refractivity contribution in [1.82, 2.24) is 0 Å². The molecule has 72 valence electrons. The third-order valence-corrected chi connectivity index (χ3v) is 2.32. The van der Waals surface area contributed by atoms with Gasteiger partial charge in [0.1, 0.15) is 11.6 Å². The van der Waals surface area contributed by atoms with Crippen molar-refractivity contribution in [2.24, 2.45) is 5.73 Å². The number of halogens is 2. The number of hydrogen-bond donors (Lipinski definition) is 3. The van der Waals surface area contributed by atoms with Gasteiger partial charge in [-0.3, -0.25) is 0 Å². The number of nitrogens with two attached hydrogens (primary N) is 1. The first kappa shape index (κ1) is 10.4. The van der Waals surface area contributed by atoms with Crippen LogP contribution in [0.25, 0.3) is 0 Å². The summed E-state index contributed by atoms with van der Waals surface area (Å²) in [7, 11) is 0. The van der Waals surface area contributed by atoms with Crippen molar-refractivity contribution >= 4 is 15.9 Å². The second-order valence-corrected chi connectivity index (χ2v) is 3.43. The number of benzene rings is 1. The minimum Gasteiger partial charge on any atom is -0.506 e. The summed E-state index contributed by atoms with van der Waals surface area (Å²) < 4.78 is 13.5. The van der Waals surface area contributed by atoms with E-state index in [1.165, 1.54) is 12.1 Å². The van der Waals surface area contributed by atoms with Crippen molar-refractivity contribution in [3.63, 3.8) is 0 Å². The molecule has 0 saturated heterocycles. The molecule has 1 atom stereocenters. The van der Waals surface area contributed by atoms with Crippen LogP contribution < -0.4 is 5.73 Å². The molecular formula is C8H9BrFNO2. The van der Waals surface area contributed by atoms with Crippen molar-refractivity contribution < 1.29 is 14.6 Å². The van der Waals surface area contributed by atoms with Crippen molar-refractivity contribution in [2.45, 2.75) is 6.04 Å². The molecule has 1 aromatic carbocycles. The molecule has 1 aromatic rings. The van der Waals surface area contributed by atoms with Gasteiger partial charge in [0.05, 0.1) is 17.1 Å². The number of phenolic OH excluding ortho intramolecular Hbond substituents is 1. The minimum absolute atomic E-state index is 0.0723. The number of hydrogen-bond acceptors (Lipinski definition) is 3. The van der Waals surface area contributed by atoms with Gasteiger partial charge >= 0.3 is 0 Å². The summed E-state index contributed by atoms with van der Waals surface area (Å²) in [6.45, 7) is -0.416. The first-order valence-corrected chi connectivity index (χ1v) is 4.40. The molecule has 0 heterocycles. The van der Waals surface area contributed by atoms with Gasteiger partial charge in [-0.1, -0.05) is 0 Å². The van der Waals surface area contributed by atoms with Gasteiger partial charge in [-0.25, -0.2) is 4.39 Å². The molecule has 0 amide bonds. The van der Waals surface area contributed by atoms with Crippen molar-refractivity contribution in [3.05, 3.63) is 28.0 Å². The van der Waals surface area contributed by atoms with Crippen LogP contribution in [0.1, 0.15) is 11.6 Å². The summed E-state index contributed by atoms with van der Waals surface area (Å²) in [5, 5.41) is 18.1. The highest BCUT2D eigenvalue weighted by molar-refractivity contribution is 9.10. The number of rotatable bonds is 2. The van der Waals surface area contributed by atoms with Crippen LogP contribution in [0.5, 0.6) is 5.75 Å². The molecule has 0 aliphatic heterocycles. The molecule has 0 bridgehead atoms. The number of aliphatic hydroxyl groups is 1. The highest BCUT2D eigenvalue weighted by Gasteiger charge is 2.17. The molecule has 1 unspecified atom stereocenters. The van der Waals surface area contributed by atoms with Gasteiger partial charge in [0.15, 0.2) is 0 Å². The first-order valence-electron chi connectivity index (χ1n) is 3.61. The topological polar surface area (TPSA) is 66.5 Å². The summed E-state index contributed by atoms with van der Waals surface area (Å²) >= 11 is 3.02. The molecule has 1 rings (SSSR count). The zero-order valence-corrected chi connectivity index (χ0v) is 8.25. The fraction of sp³-hybridized carbons (Fsp3) is 0.250. The summed E-state index contributed by atoms with van der Waals surface area (Å²) in [5.41, 5.74) is 5.32. The number of aliphatic hydroxyl groups excluding tert-OH is 1. The quantitative estimate of drug-likeness (QED) is 0.740. The lowest BCUT2D eigenvalue weighted by molar-refractivity contribution is 0.262. The molecule has 0 aliphatic rings. The van der Waals surface area contributed by atoms with E-state index in [9.17, 15) is 9.50 Å². The molecule has 0 spiro atoms. The largest absolute Gasteiger partial charge is 0.506 e. The van der Waals surface area contributed by atoms with Gasteiger partial charge in [-0.15, -0.1) is 0 Å². The predicted molar refractivity (Wildman–Crippen MR) is 49.8 cm³/mol. The summed E-state index contributed by atoms with van der Waals surface area (Å²) in [4.78, 5) is 0. The molecule has 0 saturated carbocycles. The van der Waals surface area contributed by atoms with Crippen LogP contribution in [0.4, 0.5) is 4.39 Å². The molecule has 0 aromatic heterocycles.